The van der Waals surface area contributed by atoms with Gasteiger partial charge in [-0.25, -0.2) is 0 Å². The number of rotatable bonds is 6. The number of pyridine rings is 1. The highest BCUT2D eigenvalue weighted by atomic mass is 32.1. The third-order valence-corrected chi connectivity index (χ3v) is 6.76. The van der Waals surface area contributed by atoms with Crippen molar-refractivity contribution < 1.29 is 5.11 Å². The number of thiocarbonyl (C=S) groups is 1. The van der Waals surface area contributed by atoms with Crippen LogP contribution < -0.4 is 5.32 Å². The molecule has 32 heavy (non-hydrogen) atoms. The van der Waals surface area contributed by atoms with Gasteiger partial charge in [-0.15, -0.1) is 0 Å². The van der Waals surface area contributed by atoms with Crippen LogP contribution in [0.3, 0.4) is 0 Å². The van der Waals surface area contributed by atoms with Crippen molar-refractivity contribution in [3.8, 4) is 5.69 Å². The molecule has 0 radical (unpaired) electrons. The van der Waals surface area contributed by atoms with Gasteiger partial charge in [0.25, 0.3) is 0 Å². The molecule has 0 amide bonds. The Labute approximate surface area is 196 Å². The summed E-state index contributed by atoms with van der Waals surface area (Å²) in [4.78, 5) is 6.85. The number of nitrogens with one attached hydrogen (secondary N) is 1. The van der Waals surface area contributed by atoms with Gasteiger partial charge >= 0.3 is 0 Å². The molecule has 2 atom stereocenters. The minimum atomic E-state index is -0.0449. The summed E-state index contributed by atoms with van der Waals surface area (Å²) in [6, 6.07) is 12.8. The van der Waals surface area contributed by atoms with Crippen molar-refractivity contribution in [3.63, 3.8) is 0 Å². The van der Waals surface area contributed by atoms with Crippen LogP contribution in [0.15, 0.2) is 42.6 Å². The highest BCUT2D eigenvalue weighted by Crippen LogP contribution is 2.41. The Morgan fingerprint density at radius 3 is 2.41 bits per heavy atom. The van der Waals surface area contributed by atoms with Crippen molar-refractivity contribution in [1.29, 1.82) is 0 Å². The first-order chi connectivity index (χ1) is 15.3. The molecule has 2 aromatic heterocycles. The fraction of sp³-hybridized carbons (Fsp3) is 0.385. The third-order valence-electron chi connectivity index (χ3n) is 6.40. The van der Waals surface area contributed by atoms with Gasteiger partial charge in [0.1, 0.15) is 0 Å². The highest BCUT2D eigenvalue weighted by Gasteiger charge is 2.41. The topological polar surface area (TPSA) is 53.3 Å². The van der Waals surface area contributed by atoms with E-state index in [4.69, 9.17) is 12.2 Å². The molecule has 0 saturated carbocycles. The second-order valence-electron chi connectivity index (χ2n) is 8.81. The van der Waals surface area contributed by atoms with E-state index in [1.807, 2.05) is 18.3 Å². The minimum absolute atomic E-state index is 0.00922. The van der Waals surface area contributed by atoms with Gasteiger partial charge in [0, 0.05) is 30.7 Å². The van der Waals surface area contributed by atoms with E-state index < -0.39 is 0 Å². The third kappa shape index (κ3) is 3.93. The van der Waals surface area contributed by atoms with Gasteiger partial charge in [0.05, 0.1) is 23.5 Å². The van der Waals surface area contributed by atoms with E-state index in [0.717, 1.165) is 5.69 Å². The Balaban J connectivity index is 1.86. The summed E-state index contributed by atoms with van der Waals surface area (Å²) in [7, 11) is 0. The number of hydrogen-bond donors (Lipinski definition) is 2. The van der Waals surface area contributed by atoms with E-state index in [0.29, 0.717) is 18.1 Å². The van der Waals surface area contributed by atoms with Crippen LogP contribution in [0.5, 0.6) is 0 Å². The zero-order chi connectivity index (χ0) is 23.0. The van der Waals surface area contributed by atoms with Crippen LogP contribution in [0.2, 0.25) is 0 Å². The van der Waals surface area contributed by atoms with Gasteiger partial charge < -0.3 is 19.9 Å². The number of benzene rings is 1. The molecule has 1 aliphatic rings. The molecule has 1 aliphatic heterocycles. The molecular weight excluding hydrogens is 416 g/mol. The van der Waals surface area contributed by atoms with Gasteiger partial charge in [-0.2, -0.15) is 0 Å². The Kier molecular flexibility index (Phi) is 6.35. The standard InChI is InChI=1S/C26H32N4OS/c1-16-13-17(2)24(18(3)14-16)30-19(4)15-21(20(30)5)25-23(22-9-6-7-10-27-22)28-26(32)29(25)11-8-12-31/h6-7,9-10,13-15,23,25,31H,8,11-12H2,1-5H3,(H,28,32). The van der Waals surface area contributed by atoms with Crippen LogP contribution in [0.25, 0.3) is 5.69 Å². The maximum atomic E-state index is 9.48. The zero-order valence-electron chi connectivity index (χ0n) is 19.5. The first kappa shape index (κ1) is 22.5. The summed E-state index contributed by atoms with van der Waals surface area (Å²) in [6.07, 6.45) is 2.50. The van der Waals surface area contributed by atoms with E-state index in [1.165, 1.54) is 39.3 Å². The fourth-order valence-electron chi connectivity index (χ4n) is 5.18. The van der Waals surface area contributed by atoms with Crippen LogP contribution in [-0.4, -0.2) is 37.8 Å². The van der Waals surface area contributed by atoms with Gasteiger partial charge in [-0.05, 0) is 88.1 Å². The number of nitrogens with zero attached hydrogens (tertiary/aromatic N) is 3. The predicted molar refractivity (Wildman–Crippen MR) is 133 cm³/mol. The van der Waals surface area contributed by atoms with Crippen molar-refractivity contribution in [2.45, 2.75) is 53.1 Å². The highest BCUT2D eigenvalue weighted by molar-refractivity contribution is 7.80. The van der Waals surface area contributed by atoms with E-state index in [9.17, 15) is 5.11 Å². The Morgan fingerprint density at radius 1 is 1.06 bits per heavy atom. The van der Waals surface area contributed by atoms with E-state index in [1.54, 1.807) is 0 Å². The van der Waals surface area contributed by atoms with Crippen molar-refractivity contribution >= 4 is 17.3 Å². The first-order valence-electron chi connectivity index (χ1n) is 11.2. The maximum absolute atomic E-state index is 9.48. The molecule has 6 heteroatoms. The molecular formula is C26H32N4OS. The van der Waals surface area contributed by atoms with E-state index in [2.05, 4.69) is 78.7 Å². The smallest absolute Gasteiger partial charge is 0.170 e. The maximum Gasteiger partial charge on any atom is 0.170 e. The van der Waals surface area contributed by atoms with Crippen LogP contribution in [0.1, 0.15) is 57.8 Å². The molecule has 0 aliphatic carbocycles. The quantitative estimate of drug-likeness (QED) is 0.532. The van der Waals surface area contributed by atoms with Crippen molar-refractivity contribution in [2.24, 2.45) is 0 Å². The summed E-state index contributed by atoms with van der Waals surface area (Å²) in [6.45, 7) is 11.7. The van der Waals surface area contributed by atoms with Crippen molar-refractivity contribution in [3.05, 3.63) is 81.9 Å². The SMILES string of the molecule is Cc1cc(C)c(-n2c(C)cc(C3C(c4ccccn4)NC(=S)N3CCCO)c2C)c(C)c1. The van der Waals surface area contributed by atoms with E-state index >= 15 is 0 Å². The molecule has 1 fully saturated rings. The average Bonchev–Trinajstić information content (AvgIpc) is 3.22. The summed E-state index contributed by atoms with van der Waals surface area (Å²) in [5, 5.41) is 13.7. The molecule has 3 aromatic rings. The molecule has 5 nitrogen and oxygen atoms in total. The van der Waals surface area contributed by atoms with E-state index in [-0.39, 0.29) is 18.7 Å². The van der Waals surface area contributed by atoms with Gasteiger partial charge in [-0.1, -0.05) is 23.8 Å². The van der Waals surface area contributed by atoms with Gasteiger partial charge in [-0.3, -0.25) is 4.98 Å². The first-order valence-corrected chi connectivity index (χ1v) is 11.6. The minimum Gasteiger partial charge on any atom is -0.396 e. The predicted octanol–water partition coefficient (Wildman–Crippen LogP) is 4.77. The largest absolute Gasteiger partial charge is 0.396 e. The summed E-state index contributed by atoms with van der Waals surface area (Å²) in [5.41, 5.74) is 9.70. The second-order valence-corrected chi connectivity index (χ2v) is 9.19. The molecule has 0 spiro atoms. The second kappa shape index (κ2) is 9.04. The molecule has 2 unspecified atom stereocenters. The molecule has 4 rings (SSSR count). The molecule has 168 valence electrons. The van der Waals surface area contributed by atoms with Gasteiger partial charge in [0.15, 0.2) is 5.11 Å². The van der Waals surface area contributed by atoms with Gasteiger partial charge in [0.2, 0.25) is 0 Å². The number of aromatic nitrogens is 2. The lowest BCUT2D eigenvalue weighted by Gasteiger charge is -2.28. The molecule has 1 aromatic carbocycles. The summed E-state index contributed by atoms with van der Waals surface area (Å²) in [5.74, 6) is 0. The molecule has 2 N–H and O–H groups in total. The van der Waals surface area contributed by atoms with Crippen LogP contribution in [0.4, 0.5) is 0 Å². The molecule has 1 saturated heterocycles. The van der Waals surface area contributed by atoms with Crippen LogP contribution >= 0.6 is 12.2 Å². The van der Waals surface area contributed by atoms with Crippen LogP contribution in [-0.2, 0) is 0 Å². The van der Waals surface area contributed by atoms with Crippen LogP contribution in [0, 0.1) is 34.6 Å². The lowest BCUT2D eigenvalue weighted by molar-refractivity contribution is 0.247. The normalized spacial score (nSPS) is 18.3. The summed E-state index contributed by atoms with van der Waals surface area (Å²) >= 11 is 5.74. The summed E-state index contributed by atoms with van der Waals surface area (Å²) < 4.78 is 2.38. The lowest BCUT2D eigenvalue weighted by Crippen LogP contribution is -2.31. The molecule has 0 bridgehead atoms. The Bertz CT molecular complexity index is 1120. The van der Waals surface area contributed by atoms with Crippen molar-refractivity contribution in [2.75, 3.05) is 13.2 Å². The van der Waals surface area contributed by atoms with Crippen molar-refractivity contribution in [1.82, 2.24) is 19.8 Å². The number of aryl methyl sites for hydroxylation is 4. The zero-order valence-corrected chi connectivity index (χ0v) is 20.3. The lowest BCUT2D eigenvalue weighted by atomic mass is 9.96. The Hall–Kier alpha value is -2.70. The average molecular weight is 449 g/mol. The number of hydrogen-bond acceptors (Lipinski definition) is 3. The Morgan fingerprint density at radius 2 is 1.78 bits per heavy atom. The number of aliphatic hydroxyl groups is 1. The monoisotopic (exact) mass is 448 g/mol. The fourth-order valence-corrected chi connectivity index (χ4v) is 5.51. The molecule has 3 heterocycles. The number of aliphatic hydroxyl groups excluding tert-OH is 1.